The number of hydrogen-bond donors (Lipinski definition) is 2. The molecular weight excluding hydrogens is 286 g/mol. The van der Waals surface area contributed by atoms with Crippen LogP contribution in [0.2, 0.25) is 0 Å². The summed E-state index contributed by atoms with van der Waals surface area (Å²) in [7, 11) is 0. The molecule has 0 unspecified atom stereocenters. The van der Waals surface area contributed by atoms with Gasteiger partial charge in [-0.2, -0.15) is 0 Å². The van der Waals surface area contributed by atoms with E-state index in [1.807, 2.05) is 0 Å². The maximum atomic E-state index is 5.87. The molecule has 0 radical (unpaired) electrons. The van der Waals surface area contributed by atoms with Crippen LogP contribution in [0.25, 0.3) is 0 Å². The van der Waals surface area contributed by atoms with Crippen molar-refractivity contribution >= 4 is 5.96 Å². The van der Waals surface area contributed by atoms with Gasteiger partial charge in [0.2, 0.25) is 0 Å². The van der Waals surface area contributed by atoms with E-state index in [2.05, 4.69) is 52.9 Å². The van der Waals surface area contributed by atoms with Crippen LogP contribution in [0.15, 0.2) is 35.3 Å². The van der Waals surface area contributed by atoms with E-state index >= 15 is 0 Å². The Bertz CT molecular complexity index is 441. The van der Waals surface area contributed by atoms with Gasteiger partial charge in [0.15, 0.2) is 5.96 Å². The van der Waals surface area contributed by atoms with E-state index in [4.69, 9.17) is 4.74 Å². The number of guanidine groups is 1. The summed E-state index contributed by atoms with van der Waals surface area (Å²) in [6.07, 6.45) is 7.66. The van der Waals surface area contributed by atoms with Gasteiger partial charge in [0, 0.05) is 26.2 Å². The number of nitrogens with zero attached hydrogens (tertiary/aromatic N) is 1. The van der Waals surface area contributed by atoms with Crippen molar-refractivity contribution in [3.05, 3.63) is 35.9 Å². The number of ether oxygens (including phenoxy) is 1. The zero-order chi connectivity index (χ0) is 16.2. The smallest absolute Gasteiger partial charge is 0.191 e. The van der Waals surface area contributed by atoms with E-state index in [0.717, 1.165) is 45.0 Å². The third kappa shape index (κ3) is 7.51. The van der Waals surface area contributed by atoms with Gasteiger partial charge in [0.1, 0.15) is 0 Å². The van der Waals surface area contributed by atoms with Crippen LogP contribution in [-0.4, -0.2) is 38.3 Å². The van der Waals surface area contributed by atoms with Crippen LogP contribution >= 0.6 is 0 Å². The van der Waals surface area contributed by atoms with E-state index in [0.29, 0.717) is 6.10 Å². The van der Waals surface area contributed by atoms with Crippen LogP contribution in [0.5, 0.6) is 0 Å². The van der Waals surface area contributed by atoms with Gasteiger partial charge in [0.25, 0.3) is 0 Å². The summed E-state index contributed by atoms with van der Waals surface area (Å²) in [5, 5.41) is 6.70. The Balaban J connectivity index is 1.61. The molecule has 0 spiro atoms. The molecule has 0 heterocycles. The van der Waals surface area contributed by atoms with Crippen molar-refractivity contribution in [2.45, 2.75) is 51.6 Å². The minimum absolute atomic E-state index is 0.510. The number of benzene rings is 1. The lowest BCUT2D eigenvalue weighted by atomic mass is 10.1. The summed E-state index contributed by atoms with van der Waals surface area (Å²) in [6, 6.07) is 10.5. The molecule has 1 fully saturated rings. The average molecular weight is 317 g/mol. The van der Waals surface area contributed by atoms with E-state index in [1.54, 1.807) is 0 Å². The highest BCUT2D eigenvalue weighted by Gasteiger charge is 2.14. The first-order chi connectivity index (χ1) is 11.4. The molecule has 1 saturated carbocycles. The first-order valence-corrected chi connectivity index (χ1v) is 9.06. The second kappa shape index (κ2) is 11.1. The summed E-state index contributed by atoms with van der Waals surface area (Å²) < 4.78 is 5.87. The van der Waals surface area contributed by atoms with Crippen molar-refractivity contribution in [3.63, 3.8) is 0 Å². The molecule has 23 heavy (non-hydrogen) atoms. The van der Waals surface area contributed by atoms with Gasteiger partial charge in [-0.3, -0.25) is 4.99 Å². The highest BCUT2D eigenvalue weighted by Crippen LogP contribution is 2.20. The topological polar surface area (TPSA) is 45.7 Å². The van der Waals surface area contributed by atoms with Gasteiger partial charge in [-0.05, 0) is 38.2 Å². The summed E-state index contributed by atoms with van der Waals surface area (Å²) in [5.41, 5.74) is 1.35. The Hall–Kier alpha value is -1.55. The fourth-order valence-electron chi connectivity index (χ4n) is 2.87. The van der Waals surface area contributed by atoms with Crippen molar-refractivity contribution < 1.29 is 4.74 Å². The Kier molecular flexibility index (Phi) is 8.56. The predicted molar refractivity (Wildman–Crippen MR) is 97.0 cm³/mol. The first-order valence-electron chi connectivity index (χ1n) is 9.06. The molecule has 4 heteroatoms. The zero-order valence-electron chi connectivity index (χ0n) is 14.4. The molecule has 2 N–H and O–H groups in total. The monoisotopic (exact) mass is 317 g/mol. The van der Waals surface area contributed by atoms with Gasteiger partial charge < -0.3 is 15.4 Å². The molecule has 0 atom stereocenters. The Morgan fingerprint density at radius 2 is 1.96 bits per heavy atom. The second-order valence-electron chi connectivity index (χ2n) is 6.05. The van der Waals surface area contributed by atoms with Crippen molar-refractivity contribution in [2.24, 2.45) is 4.99 Å². The maximum Gasteiger partial charge on any atom is 0.191 e. The summed E-state index contributed by atoms with van der Waals surface area (Å²) in [4.78, 5) is 4.62. The molecule has 128 valence electrons. The third-order valence-corrected chi connectivity index (χ3v) is 4.12. The van der Waals surface area contributed by atoms with Gasteiger partial charge in [-0.25, -0.2) is 0 Å². The van der Waals surface area contributed by atoms with Crippen LogP contribution in [0, 0.1) is 0 Å². The molecule has 0 aliphatic heterocycles. The minimum Gasteiger partial charge on any atom is -0.378 e. The second-order valence-corrected chi connectivity index (χ2v) is 6.05. The SMILES string of the molecule is CCNC(=NCCCOC1CCCC1)NCCc1ccccc1. The van der Waals surface area contributed by atoms with Crippen LogP contribution in [-0.2, 0) is 11.2 Å². The Labute approximate surface area is 140 Å². The summed E-state index contributed by atoms with van der Waals surface area (Å²) in [5.74, 6) is 0.907. The Morgan fingerprint density at radius 3 is 2.70 bits per heavy atom. The van der Waals surface area contributed by atoms with Crippen LogP contribution < -0.4 is 10.6 Å². The van der Waals surface area contributed by atoms with Gasteiger partial charge in [0.05, 0.1) is 6.10 Å². The van der Waals surface area contributed by atoms with E-state index in [1.165, 1.54) is 31.2 Å². The molecule has 2 rings (SSSR count). The largest absolute Gasteiger partial charge is 0.378 e. The average Bonchev–Trinajstić information content (AvgIpc) is 3.09. The quantitative estimate of drug-likeness (QED) is 0.418. The van der Waals surface area contributed by atoms with Gasteiger partial charge >= 0.3 is 0 Å². The molecule has 1 aliphatic rings. The fourth-order valence-corrected chi connectivity index (χ4v) is 2.87. The lowest BCUT2D eigenvalue weighted by molar-refractivity contribution is 0.0579. The van der Waals surface area contributed by atoms with E-state index < -0.39 is 0 Å². The van der Waals surface area contributed by atoms with Crippen molar-refractivity contribution in [1.29, 1.82) is 0 Å². The van der Waals surface area contributed by atoms with Crippen LogP contribution in [0.3, 0.4) is 0 Å². The van der Waals surface area contributed by atoms with Crippen molar-refractivity contribution in [2.75, 3.05) is 26.2 Å². The molecule has 1 aliphatic carbocycles. The number of hydrogen-bond acceptors (Lipinski definition) is 2. The fraction of sp³-hybridized carbons (Fsp3) is 0.632. The molecule has 0 amide bonds. The molecule has 4 nitrogen and oxygen atoms in total. The molecular formula is C19H31N3O. The molecule has 1 aromatic rings. The Morgan fingerprint density at radius 1 is 1.17 bits per heavy atom. The molecule has 1 aromatic carbocycles. The summed E-state index contributed by atoms with van der Waals surface area (Å²) >= 11 is 0. The molecule has 0 saturated heterocycles. The van der Waals surface area contributed by atoms with Crippen LogP contribution in [0.4, 0.5) is 0 Å². The normalized spacial score (nSPS) is 15.8. The number of rotatable bonds is 9. The summed E-state index contributed by atoms with van der Waals surface area (Å²) in [6.45, 7) is 5.52. The predicted octanol–water partition coefficient (Wildman–Crippen LogP) is 3.13. The number of aliphatic imine (C=N–C) groups is 1. The van der Waals surface area contributed by atoms with Crippen molar-refractivity contribution in [3.8, 4) is 0 Å². The van der Waals surface area contributed by atoms with E-state index in [-0.39, 0.29) is 0 Å². The lowest BCUT2D eigenvalue weighted by Gasteiger charge is -2.12. The zero-order valence-corrected chi connectivity index (χ0v) is 14.4. The number of nitrogens with one attached hydrogen (secondary N) is 2. The first kappa shape index (κ1) is 17.8. The molecule has 0 bridgehead atoms. The molecule has 0 aromatic heterocycles. The van der Waals surface area contributed by atoms with Crippen LogP contribution in [0.1, 0.15) is 44.6 Å². The van der Waals surface area contributed by atoms with Crippen molar-refractivity contribution in [1.82, 2.24) is 10.6 Å². The van der Waals surface area contributed by atoms with Gasteiger partial charge in [-0.1, -0.05) is 43.2 Å². The standard InChI is InChI=1S/C19H31N3O/c1-2-20-19(22-15-13-17-9-4-3-5-10-17)21-14-8-16-23-18-11-6-7-12-18/h3-5,9-10,18H,2,6-8,11-16H2,1H3,(H2,20,21,22). The minimum atomic E-state index is 0.510. The lowest BCUT2D eigenvalue weighted by Crippen LogP contribution is -2.38. The van der Waals surface area contributed by atoms with E-state index in [9.17, 15) is 0 Å². The third-order valence-electron chi connectivity index (χ3n) is 4.12. The highest BCUT2D eigenvalue weighted by molar-refractivity contribution is 5.79. The highest BCUT2D eigenvalue weighted by atomic mass is 16.5. The van der Waals surface area contributed by atoms with Gasteiger partial charge in [-0.15, -0.1) is 0 Å². The maximum absolute atomic E-state index is 5.87.